The summed E-state index contributed by atoms with van der Waals surface area (Å²) in [5.41, 5.74) is 7.61. The number of methoxy groups -OCH3 is 1. The van der Waals surface area contributed by atoms with Gasteiger partial charge in [-0.2, -0.15) is 0 Å². The van der Waals surface area contributed by atoms with E-state index in [2.05, 4.69) is 9.97 Å². The van der Waals surface area contributed by atoms with Crippen LogP contribution in [0, 0.1) is 0 Å². The lowest BCUT2D eigenvalue weighted by Crippen LogP contribution is -1.96. The van der Waals surface area contributed by atoms with E-state index >= 15 is 0 Å². The smallest absolute Gasteiger partial charge is 0.219 e. The van der Waals surface area contributed by atoms with E-state index in [4.69, 9.17) is 10.5 Å². The van der Waals surface area contributed by atoms with Gasteiger partial charge in [-0.1, -0.05) is 12.1 Å². The average Bonchev–Trinajstić information content (AvgIpc) is 2.32. The number of hydrogen-bond acceptors (Lipinski definition) is 4. The molecule has 16 heavy (non-hydrogen) atoms. The van der Waals surface area contributed by atoms with Crippen LogP contribution in [0.2, 0.25) is 0 Å². The van der Waals surface area contributed by atoms with Gasteiger partial charge in [0.2, 0.25) is 5.95 Å². The van der Waals surface area contributed by atoms with E-state index in [1.807, 2.05) is 24.3 Å². The fourth-order valence-electron chi connectivity index (χ4n) is 1.47. The number of aromatic nitrogens is 2. The predicted octanol–water partition coefficient (Wildman–Crippen LogP) is 1.66. The maximum atomic E-state index is 5.42. The predicted molar refractivity (Wildman–Crippen MR) is 62.2 cm³/mol. The van der Waals surface area contributed by atoms with Gasteiger partial charge < -0.3 is 10.5 Å². The van der Waals surface area contributed by atoms with Gasteiger partial charge in [-0.15, -0.1) is 0 Å². The van der Waals surface area contributed by atoms with Gasteiger partial charge in [-0.3, -0.25) is 0 Å². The number of rotatable bonds is 3. The molecule has 0 aliphatic rings. The molecule has 0 bridgehead atoms. The number of anilines is 1. The summed E-state index contributed by atoms with van der Waals surface area (Å²) >= 11 is 0. The van der Waals surface area contributed by atoms with Crippen molar-refractivity contribution in [3.05, 3.63) is 47.8 Å². The molecule has 1 aromatic heterocycles. The van der Waals surface area contributed by atoms with E-state index in [-0.39, 0.29) is 0 Å². The van der Waals surface area contributed by atoms with Gasteiger partial charge in [0, 0.05) is 18.8 Å². The number of hydrogen-bond donors (Lipinski definition) is 1. The SMILES string of the molecule is COc1cccc(Cc2cnc(N)nc2)c1. The summed E-state index contributed by atoms with van der Waals surface area (Å²) in [6.07, 6.45) is 4.25. The Morgan fingerprint density at radius 1 is 1.19 bits per heavy atom. The lowest BCUT2D eigenvalue weighted by molar-refractivity contribution is 0.414. The second kappa shape index (κ2) is 4.61. The molecular weight excluding hydrogens is 202 g/mol. The number of nitrogens with two attached hydrogens (primary N) is 1. The zero-order valence-corrected chi connectivity index (χ0v) is 9.05. The summed E-state index contributed by atoms with van der Waals surface area (Å²) in [5, 5.41) is 0. The number of benzene rings is 1. The highest BCUT2D eigenvalue weighted by atomic mass is 16.5. The minimum atomic E-state index is 0.300. The Hall–Kier alpha value is -2.10. The van der Waals surface area contributed by atoms with Gasteiger partial charge in [0.25, 0.3) is 0 Å². The lowest BCUT2D eigenvalue weighted by atomic mass is 10.1. The second-order valence-corrected chi connectivity index (χ2v) is 3.48. The van der Waals surface area contributed by atoms with Crippen molar-refractivity contribution in [3.8, 4) is 5.75 Å². The van der Waals surface area contributed by atoms with Crippen LogP contribution in [0.5, 0.6) is 5.75 Å². The summed E-state index contributed by atoms with van der Waals surface area (Å²) in [6, 6.07) is 7.92. The van der Waals surface area contributed by atoms with Crippen molar-refractivity contribution in [1.29, 1.82) is 0 Å². The summed E-state index contributed by atoms with van der Waals surface area (Å²) in [6.45, 7) is 0. The van der Waals surface area contributed by atoms with Crippen LogP contribution in [-0.4, -0.2) is 17.1 Å². The minimum absolute atomic E-state index is 0.300. The van der Waals surface area contributed by atoms with Crippen LogP contribution in [0.4, 0.5) is 5.95 Å². The molecule has 0 radical (unpaired) electrons. The van der Waals surface area contributed by atoms with Gasteiger partial charge >= 0.3 is 0 Å². The van der Waals surface area contributed by atoms with Crippen LogP contribution in [0.3, 0.4) is 0 Å². The maximum absolute atomic E-state index is 5.42. The standard InChI is InChI=1S/C12H13N3O/c1-16-11-4-2-3-9(6-11)5-10-7-14-12(13)15-8-10/h2-4,6-8H,5H2,1H3,(H2,13,14,15). The molecule has 2 N–H and O–H groups in total. The number of nitrogens with zero attached hydrogens (tertiary/aromatic N) is 2. The minimum Gasteiger partial charge on any atom is -0.497 e. The summed E-state index contributed by atoms with van der Waals surface area (Å²) in [5.74, 6) is 1.16. The van der Waals surface area contributed by atoms with Crippen LogP contribution < -0.4 is 10.5 Å². The molecule has 0 saturated carbocycles. The Morgan fingerprint density at radius 2 is 1.94 bits per heavy atom. The van der Waals surface area contributed by atoms with Crippen LogP contribution in [-0.2, 0) is 6.42 Å². The molecule has 0 aliphatic heterocycles. The zero-order chi connectivity index (χ0) is 11.4. The van der Waals surface area contributed by atoms with Gasteiger partial charge in [0.15, 0.2) is 0 Å². The molecule has 0 atom stereocenters. The Balaban J connectivity index is 2.16. The van der Waals surface area contributed by atoms with E-state index in [0.29, 0.717) is 5.95 Å². The van der Waals surface area contributed by atoms with Crippen molar-refractivity contribution < 1.29 is 4.74 Å². The van der Waals surface area contributed by atoms with Crippen molar-refractivity contribution in [3.63, 3.8) is 0 Å². The fourth-order valence-corrected chi connectivity index (χ4v) is 1.47. The topological polar surface area (TPSA) is 61.0 Å². The molecule has 2 aromatic rings. The second-order valence-electron chi connectivity index (χ2n) is 3.48. The van der Waals surface area contributed by atoms with E-state index in [0.717, 1.165) is 23.3 Å². The first-order chi connectivity index (χ1) is 7.78. The van der Waals surface area contributed by atoms with Crippen molar-refractivity contribution in [2.24, 2.45) is 0 Å². The van der Waals surface area contributed by atoms with Crippen molar-refractivity contribution in [2.75, 3.05) is 12.8 Å². The Labute approximate surface area is 94.1 Å². The largest absolute Gasteiger partial charge is 0.497 e. The third-order valence-corrected chi connectivity index (χ3v) is 2.27. The Morgan fingerprint density at radius 3 is 2.62 bits per heavy atom. The van der Waals surface area contributed by atoms with Crippen molar-refractivity contribution in [2.45, 2.75) is 6.42 Å². The average molecular weight is 215 g/mol. The molecule has 0 amide bonds. The van der Waals surface area contributed by atoms with Crippen molar-refractivity contribution in [1.82, 2.24) is 9.97 Å². The molecule has 4 heteroatoms. The number of nitrogen functional groups attached to an aromatic ring is 1. The van der Waals surface area contributed by atoms with Gasteiger partial charge in [0.1, 0.15) is 5.75 Å². The van der Waals surface area contributed by atoms with Gasteiger partial charge in [-0.25, -0.2) is 9.97 Å². The third-order valence-electron chi connectivity index (χ3n) is 2.27. The molecule has 1 heterocycles. The van der Waals surface area contributed by atoms with Crippen molar-refractivity contribution >= 4 is 5.95 Å². The Kier molecular flexibility index (Phi) is 3.00. The Bertz CT molecular complexity index is 468. The van der Waals surface area contributed by atoms with Crippen LogP contribution >= 0.6 is 0 Å². The highest BCUT2D eigenvalue weighted by molar-refractivity contribution is 5.32. The van der Waals surface area contributed by atoms with Crippen LogP contribution in [0.25, 0.3) is 0 Å². The molecule has 0 fully saturated rings. The van der Waals surface area contributed by atoms with Crippen LogP contribution in [0.15, 0.2) is 36.7 Å². The monoisotopic (exact) mass is 215 g/mol. The van der Waals surface area contributed by atoms with E-state index < -0.39 is 0 Å². The highest BCUT2D eigenvalue weighted by Gasteiger charge is 1.99. The van der Waals surface area contributed by atoms with E-state index in [1.165, 1.54) is 0 Å². The molecule has 2 rings (SSSR count). The lowest BCUT2D eigenvalue weighted by Gasteiger charge is -2.04. The third kappa shape index (κ3) is 2.48. The first-order valence-electron chi connectivity index (χ1n) is 4.97. The molecule has 0 unspecified atom stereocenters. The summed E-state index contributed by atoms with van der Waals surface area (Å²) in [4.78, 5) is 7.91. The zero-order valence-electron chi connectivity index (χ0n) is 9.05. The molecule has 0 spiro atoms. The molecule has 1 aromatic carbocycles. The summed E-state index contributed by atoms with van der Waals surface area (Å²) < 4.78 is 5.16. The number of ether oxygens (including phenoxy) is 1. The quantitative estimate of drug-likeness (QED) is 0.845. The van der Waals surface area contributed by atoms with E-state index in [1.54, 1.807) is 19.5 Å². The molecular formula is C12H13N3O. The molecule has 0 saturated heterocycles. The van der Waals surface area contributed by atoms with Crippen LogP contribution in [0.1, 0.15) is 11.1 Å². The van der Waals surface area contributed by atoms with Gasteiger partial charge in [-0.05, 0) is 23.3 Å². The first kappa shape index (κ1) is 10.4. The molecule has 0 aliphatic carbocycles. The highest BCUT2D eigenvalue weighted by Crippen LogP contribution is 2.15. The molecule has 82 valence electrons. The summed E-state index contributed by atoms with van der Waals surface area (Å²) in [7, 11) is 1.66. The normalized spacial score (nSPS) is 10.1. The fraction of sp³-hybridized carbons (Fsp3) is 0.167. The maximum Gasteiger partial charge on any atom is 0.219 e. The molecule has 4 nitrogen and oxygen atoms in total. The first-order valence-corrected chi connectivity index (χ1v) is 4.97. The van der Waals surface area contributed by atoms with Gasteiger partial charge in [0.05, 0.1) is 7.11 Å². The van der Waals surface area contributed by atoms with E-state index in [9.17, 15) is 0 Å².